The van der Waals surface area contributed by atoms with Crippen LogP contribution in [0.25, 0.3) is 0 Å². The molecule has 2 heterocycles. The van der Waals surface area contributed by atoms with Gasteiger partial charge in [0.05, 0.1) is 48.7 Å². The molecule has 7 aromatic rings. The number of carbonyl (C=O) groups excluding carboxylic acids is 4. The molecule has 0 spiro atoms. The Hall–Kier alpha value is -7.86. The minimum absolute atomic E-state index is 0.0795. The van der Waals surface area contributed by atoms with Crippen LogP contribution < -0.4 is 0 Å². The maximum Gasteiger partial charge on any atom is 0.338 e. The molecule has 7 aromatic carbocycles. The van der Waals surface area contributed by atoms with E-state index in [1.165, 1.54) is 36.4 Å². The molecule has 1 unspecified atom stereocenters. The van der Waals surface area contributed by atoms with Crippen LogP contribution in [0.2, 0.25) is 0 Å². The van der Waals surface area contributed by atoms with Gasteiger partial charge in [-0.05, 0) is 65.2 Å². The van der Waals surface area contributed by atoms with E-state index in [1.54, 1.807) is 84.9 Å². The van der Waals surface area contributed by atoms with Gasteiger partial charge in [0.25, 0.3) is 0 Å². The van der Waals surface area contributed by atoms with Crippen molar-refractivity contribution in [3.05, 3.63) is 251 Å². The highest BCUT2D eigenvalue weighted by Gasteiger charge is 2.55. The maximum absolute atomic E-state index is 14.3. The minimum atomic E-state index is -1.70. The van der Waals surface area contributed by atoms with Crippen molar-refractivity contribution in [1.82, 2.24) is 0 Å². The molecule has 0 aliphatic carbocycles. The normalized spacial score (nSPS) is 23.1. The first-order chi connectivity index (χ1) is 37.3. The van der Waals surface area contributed by atoms with Crippen LogP contribution in [0, 0.1) is 0 Å². The molecular formula is C61H56O15. The van der Waals surface area contributed by atoms with Crippen LogP contribution in [0.4, 0.5) is 0 Å². The van der Waals surface area contributed by atoms with Crippen molar-refractivity contribution in [3.63, 3.8) is 0 Å². The number of hydrogen-bond donors (Lipinski definition) is 1. The van der Waals surface area contributed by atoms with Gasteiger partial charge in [-0.3, -0.25) is 0 Å². The number of benzene rings is 7. The molecule has 1 N–H and O–H groups in total. The van der Waals surface area contributed by atoms with Crippen molar-refractivity contribution in [1.29, 1.82) is 0 Å². The lowest BCUT2D eigenvalue weighted by Gasteiger charge is -2.46. The summed E-state index contributed by atoms with van der Waals surface area (Å²) >= 11 is 0. The van der Waals surface area contributed by atoms with E-state index in [0.717, 1.165) is 16.7 Å². The largest absolute Gasteiger partial charge is 0.459 e. The Morgan fingerprint density at radius 3 is 1.12 bits per heavy atom. The van der Waals surface area contributed by atoms with E-state index in [0.29, 0.717) is 0 Å². The predicted molar refractivity (Wildman–Crippen MR) is 274 cm³/mol. The van der Waals surface area contributed by atoms with Crippen molar-refractivity contribution >= 4 is 23.9 Å². The molecule has 9 rings (SSSR count). The van der Waals surface area contributed by atoms with Crippen LogP contribution in [0.15, 0.2) is 212 Å². The Bertz CT molecular complexity index is 2900. The molecule has 2 saturated heterocycles. The van der Waals surface area contributed by atoms with Gasteiger partial charge in [-0.15, -0.1) is 0 Å². The highest BCUT2D eigenvalue weighted by atomic mass is 16.7. The van der Waals surface area contributed by atoms with Crippen molar-refractivity contribution in [3.8, 4) is 0 Å². The molecule has 0 amide bonds. The fourth-order valence-electron chi connectivity index (χ4n) is 8.75. The summed E-state index contributed by atoms with van der Waals surface area (Å²) in [6, 6.07) is 60.8. The molecular weight excluding hydrogens is 973 g/mol. The van der Waals surface area contributed by atoms with Crippen LogP contribution in [0.5, 0.6) is 0 Å². The first kappa shape index (κ1) is 53.0. The Morgan fingerprint density at radius 2 is 0.684 bits per heavy atom. The van der Waals surface area contributed by atoms with Crippen LogP contribution in [0.3, 0.4) is 0 Å². The summed E-state index contributed by atoms with van der Waals surface area (Å²) < 4.78 is 64.1. The lowest BCUT2D eigenvalue weighted by atomic mass is 9.96. The van der Waals surface area contributed by atoms with Crippen LogP contribution >= 0.6 is 0 Å². The third-order valence-corrected chi connectivity index (χ3v) is 12.6. The zero-order valence-corrected chi connectivity index (χ0v) is 41.2. The molecule has 2 aliphatic heterocycles. The number of rotatable bonds is 21. The molecule has 2 fully saturated rings. The summed E-state index contributed by atoms with van der Waals surface area (Å²) in [5.74, 6) is -3.33. The summed E-state index contributed by atoms with van der Waals surface area (Å²) in [5, 5.41) is 11.9. The van der Waals surface area contributed by atoms with Gasteiger partial charge in [-0.25, -0.2) is 19.2 Å². The molecule has 2 aliphatic rings. The molecule has 15 nitrogen and oxygen atoms in total. The van der Waals surface area contributed by atoms with Crippen molar-refractivity contribution in [2.24, 2.45) is 0 Å². The number of hydrogen-bond acceptors (Lipinski definition) is 15. The second kappa shape index (κ2) is 26.6. The van der Waals surface area contributed by atoms with E-state index in [4.69, 9.17) is 47.4 Å². The summed E-state index contributed by atoms with van der Waals surface area (Å²) in [5.41, 5.74) is 3.11. The van der Waals surface area contributed by atoms with Gasteiger partial charge in [-0.2, -0.15) is 0 Å². The van der Waals surface area contributed by atoms with E-state index in [-0.39, 0.29) is 42.1 Å². The average Bonchev–Trinajstić information content (AvgIpc) is 3.50. The van der Waals surface area contributed by atoms with Gasteiger partial charge >= 0.3 is 23.9 Å². The van der Waals surface area contributed by atoms with E-state index >= 15 is 0 Å². The lowest BCUT2D eigenvalue weighted by molar-refractivity contribution is -0.337. The molecule has 0 aromatic heterocycles. The fraction of sp³-hybridized carbons (Fsp3) is 0.246. The highest BCUT2D eigenvalue weighted by molar-refractivity contribution is 5.91. The first-order valence-corrected chi connectivity index (χ1v) is 24.8. The summed E-state index contributed by atoms with van der Waals surface area (Å²) in [4.78, 5) is 56.2. The topological polar surface area (TPSA) is 181 Å². The predicted octanol–water partition coefficient (Wildman–Crippen LogP) is 8.74. The zero-order chi connectivity index (χ0) is 52.5. The number of aliphatic hydroxyl groups is 1. The quantitative estimate of drug-likeness (QED) is 0.0533. The molecule has 0 radical (unpaired) electrons. The lowest BCUT2D eigenvalue weighted by Crippen LogP contribution is -2.64. The Kier molecular flexibility index (Phi) is 18.5. The second-order valence-electron chi connectivity index (χ2n) is 17.9. The number of aliphatic hydroxyl groups excluding tert-OH is 1. The van der Waals surface area contributed by atoms with Crippen LogP contribution in [-0.2, 0) is 67.2 Å². The summed E-state index contributed by atoms with van der Waals surface area (Å²) in [6.07, 6.45) is -14.0. The molecule has 0 saturated carbocycles. The van der Waals surface area contributed by atoms with Gasteiger partial charge in [0, 0.05) is 0 Å². The third kappa shape index (κ3) is 14.1. The van der Waals surface area contributed by atoms with Gasteiger partial charge in [0.15, 0.2) is 30.9 Å². The highest BCUT2D eigenvalue weighted by Crippen LogP contribution is 2.35. The van der Waals surface area contributed by atoms with E-state index in [9.17, 15) is 24.3 Å². The average molecular weight is 1030 g/mol. The van der Waals surface area contributed by atoms with E-state index in [1.807, 2.05) is 91.0 Å². The molecule has 10 atom stereocenters. The molecule has 15 heteroatoms. The fourth-order valence-corrected chi connectivity index (χ4v) is 8.75. The monoisotopic (exact) mass is 1030 g/mol. The Balaban J connectivity index is 1.09. The van der Waals surface area contributed by atoms with Crippen molar-refractivity contribution in [2.45, 2.75) is 81.2 Å². The summed E-state index contributed by atoms with van der Waals surface area (Å²) in [7, 11) is 0. The number of ether oxygens (including phenoxy) is 10. The SMILES string of the molecule is O=C(OC[C@H]1OC(OC[C@H]2O[C@H](O)[C@H](OCc3ccccc3)[C@@H](OCc3ccccc3)[C@@H]2OCc2ccccc2)[C@H](OC(=O)c2ccccc2)[C@@H](OC(=O)c2ccccc2)[C@H]1OC(=O)c1ccccc1)c1ccccc1. The van der Waals surface area contributed by atoms with Crippen LogP contribution in [-0.4, -0.2) is 104 Å². The van der Waals surface area contributed by atoms with E-state index < -0.39 is 98.5 Å². The smallest absolute Gasteiger partial charge is 0.338 e. The third-order valence-electron chi connectivity index (χ3n) is 12.6. The molecule has 76 heavy (non-hydrogen) atoms. The van der Waals surface area contributed by atoms with Crippen LogP contribution in [0.1, 0.15) is 58.1 Å². The number of esters is 4. The first-order valence-electron chi connectivity index (χ1n) is 24.8. The van der Waals surface area contributed by atoms with Crippen molar-refractivity contribution < 1.29 is 71.7 Å². The zero-order valence-electron chi connectivity index (χ0n) is 41.2. The minimum Gasteiger partial charge on any atom is -0.459 e. The maximum atomic E-state index is 14.3. The Morgan fingerprint density at radius 1 is 0.342 bits per heavy atom. The van der Waals surface area contributed by atoms with Gasteiger partial charge < -0.3 is 52.5 Å². The molecule has 0 bridgehead atoms. The Labute approximate surface area is 439 Å². The van der Waals surface area contributed by atoms with Gasteiger partial charge in [-0.1, -0.05) is 164 Å². The summed E-state index contributed by atoms with van der Waals surface area (Å²) in [6.45, 7) is -0.732. The van der Waals surface area contributed by atoms with Gasteiger partial charge in [0.2, 0.25) is 0 Å². The van der Waals surface area contributed by atoms with E-state index in [2.05, 4.69) is 0 Å². The number of carbonyl (C=O) groups is 4. The van der Waals surface area contributed by atoms with Crippen molar-refractivity contribution in [2.75, 3.05) is 13.2 Å². The standard InChI is InChI=1S/C61H56O15/c62-56(44-28-14-4-15-29-44)70-39-49-51(74-57(63)45-30-16-5-17-31-45)53(75-58(64)46-32-18-6-19-33-46)55(76-59(65)47-34-20-7-21-35-47)61(73-49)71-40-48-50(67-36-41-22-8-1-9-23-41)52(68-37-42-24-10-2-11-25-42)54(60(66)72-48)69-38-43-26-12-3-13-27-43/h1-35,48-55,60-61,66H,36-40H2/t48-,49-,50-,51+,52+,53+,54-,55-,60+,61?/m1/s1. The molecule has 390 valence electrons. The second-order valence-corrected chi connectivity index (χ2v) is 17.9. The van der Waals surface area contributed by atoms with Gasteiger partial charge in [0.1, 0.15) is 37.1 Å².